The average molecular weight is 478 g/mol. The van der Waals surface area contributed by atoms with E-state index in [1.54, 1.807) is 24.4 Å². The number of piperazine rings is 1. The number of aromatic nitrogens is 1. The van der Waals surface area contributed by atoms with E-state index >= 15 is 0 Å². The topological polar surface area (TPSA) is 77.6 Å². The Balaban J connectivity index is 1.38. The SMILES string of the molecule is Cc1ccc(NC(=O)C(=O)NC[C@H](c2cccnc2)N2CCN(c3ccccc3)CC2)cc1Cl. The van der Waals surface area contributed by atoms with Crippen LogP contribution in [0.3, 0.4) is 0 Å². The number of anilines is 2. The van der Waals surface area contributed by atoms with E-state index in [1.807, 2.05) is 43.5 Å². The Labute approximate surface area is 204 Å². The van der Waals surface area contributed by atoms with Gasteiger partial charge in [-0.1, -0.05) is 41.9 Å². The lowest BCUT2D eigenvalue weighted by Gasteiger charge is -2.40. The third kappa shape index (κ3) is 5.92. The van der Waals surface area contributed by atoms with E-state index in [1.165, 1.54) is 5.69 Å². The summed E-state index contributed by atoms with van der Waals surface area (Å²) in [5.74, 6) is -1.41. The molecular formula is C26H28ClN5O2. The van der Waals surface area contributed by atoms with E-state index in [0.717, 1.165) is 37.3 Å². The van der Waals surface area contributed by atoms with Crippen molar-refractivity contribution in [3.63, 3.8) is 0 Å². The fourth-order valence-corrected chi connectivity index (χ4v) is 4.27. The summed E-state index contributed by atoms with van der Waals surface area (Å²) in [5, 5.41) is 5.94. The molecule has 2 N–H and O–H groups in total. The van der Waals surface area contributed by atoms with Crippen molar-refractivity contribution < 1.29 is 9.59 Å². The molecule has 1 saturated heterocycles. The smallest absolute Gasteiger partial charge is 0.313 e. The Morgan fingerprint density at radius 3 is 2.44 bits per heavy atom. The number of hydrogen-bond donors (Lipinski definition) is 2. The first-order valence-electron chi connectivity index (χ1n) is 11.3. The summed E-state index contributed by atoms with van der Waals surface area (Å²) in [6.07, 6.45) is 3.54. The maximum Gasteiger partial charge on any atom is 0.313 e. The summed E-state index contributed by atoms with van der Waals surface area (Å²) in [5.41, 5.74) is 3.59. The highest BCUT2D eigenvalue weighted by Crippen LogP contribution is 2.24. The fraction of sp³-hybridized carbons (Fsp3) is 0.269. The summed E-state index contributed by atoms with van der Waals surface area (Å²) in [6.45, 7) is 5.60. The van der Waals surface area contributed by atoms with Gasteiger partial charge in [-0.2, -0.15) is 0 Å². The number of halogens is 1. The fourth-order valence-electron chi connectivity index (χ4n) is 4.09. The molecule has 1 atom stereocenters. The normalized spacial score (nSPS) is 14.9. The summed E-state index contributed by atoms with van der Waals surface area (Å²) in [7, 11) is 0. The minimum Gasteiger partial charge on any atom is -0.369 e. The molecule has 4 rings (SSSR count). The average Bonchev–Trinajstić information content (AvgIpc) is 2.88. The van der Waals surface area contributed by atoms with Crippen molar-refractivity contribution in [2.75, 3.05) is 42.9 Å². The molecule has 8 heteroatoms. The van der Waals surface area contributed by atoms with Gasteiger partial charge in [0.05, 0.1) is 6.04 Å². The maximum absolute atomic E-state index is 12.6. The molecule has 1 fully saturated rings. The molecule has 0 aliphatic carbocycles. The second-order valence-electron chi connectivity index (χ2n) is 8.29. The summed E-state index contributed by atoms with van der Waals surface area (Å²) in [6, 6.07) is 19.3. The zero-order chi connectivity index (χ0) is 23.9. The molecule has 0 unspecified atom stereocenters. The standard InChI is InChI=1S/C26H28ClN5O2/c1-19-9-10-21(16-23(19)27)30-26(34)25(33)29-18-24(20-6-5-11-28-17-20)32-14-12-31(13-15-32)22-7-3-2-4-8-22/h2-11,16-17,24H,12-15,18H2,1H3,(H,29,33)(H,30,34)/t24-/m1/s1. The minimum absolute atomic E-state index is 0.0859. The van der Waals surface area contributed by atoms with Gasteiger partial charge in [-0.05, 0) is 48.4 Å². The third-order valence-electron chi connectivity index (χ3n) is 6.04. The number of nitrogens with zero attached hydrogens (tertiary/aromatic N) is 3. The van der Waals surface area contributed by atoms with Crippen LogP contribution in [-0.2, 0) is 9.59 Å². The van der Waals surface area contributed by atoms with Crippen LogP contribution in [0.1, 0.15) is 17.2 Å². The van der Waals surface area contributed by atoms with Crippen molar-refractivity contribution in [1.82, 2.24) is 15.2 Å². The number of pyridine rings is 1. The number of carbonyl (C=O) groups excluding carboxylic acids is 2. The van der Waals surface area contributed by atoms with Gasteiger partial charge >= 0.3 is 11.8 Å². The lowest BCUT2D eigenvalue weighted by molar-refractivity contribution is -0.136. The van der Waals surface area contributed by atoms with Crippen LogP contribution in [0.4, 0.5) is 11.4 Å². The van der Waals surface area contributed by atoms with Crippen LogP contribution in [0.25, 0.3) is 0 Å². The van der Waals surface area contributed by atoms with Crippen LogP contribution in [-0.4, -0.2) is 54.4 Å². The Hall–Kier alpha value is -3.42. The van der Waals surface area contributed by atoms with Gasteiger partial charge in [-0.25, -0.2) is 0 Å². The lowest BCUT2D eigenvalue weighted by Crippen LogP contribution is -2.50. The first kappa shape index (κ1) is 23.7. The molecule has 0 spiro atoms. The van der Waals surface area contributed by atoms with Crippen molar-refractivity contribution in [2.24, 2.45) is 0 Å². The summed E-state index contributed by atoms with van der Waals surface area (Å²) < 4.78 is 0. The first-order valence-corrected chi connectivity index (χ1v) is 11.7. The van der Waals surface area contributed by atoms with Crippen molar-refractivity contribution in [3.8, 4) is 0 Å². The molecule has 176 valence electrons. The number of rotatable bonds is 6. The molecule has 2 amide bonds. The van der Waals surface area contributed by atoms with Gasteiger partial charge in [-0.15, -0.1) is 0 Å². The van der Waals surface area contributed by atoms with Crippen molar-refractivity contribution in [2.45, 2.75) is 13.0 Å². The molecule has 1 aromatic heterocycles. The predicted molar refractivity (Wildman–Crippen MR) is 135 cm³/mol. The molecular weight excluding hydrogens is 450 g/mol. The quantitative estimate of drug-likeness (QED) is 0.530. The van der Waals surface area contributed by atoms with Gasteiger partial charge in [-0.3, -0.25) is 19.5 Å². The zero-order valence-corrected chi connectivity index (χ0v) is 19.8. The number of para-hydroxylation sites is 1. The Morgan fingerprint density at radius 1 is 1.00 bits per heavy atom. The Morgan fingerprint density at radius 2 is 1.76 bits per heavy atom. The molecule has 2 aromatic carbocycles. The van der Waals surface area contributed by atoms with Crippen molar-refractivity contribution in [1.29, 1.82) is 0 Å². The zero-order valence-electron chi connectivity index (χ0n) is 19.1. The molecule has 0 saturated carbocycles. The second kappa shape index (κ2) is 11.1. The second-order valence-corrected chi connectivity index (χ2v) is 8.70. The number of aryl methyl sites for hydroxylation is 1. The third-order valence-corrected chi connectivity index (χ3v) is 6.44. The van der Waals surface area contributed by atoms with Gasteiger partial charge in [0, 0.05) is 61.5 Å². The summed E-state index contributed by atoms with van der Waals surface area (Å²) >= 11 is 6.12. The van der Waals surface area contributed by atoms with Crippen molar-refractivity contribution in [3.05, 3.63) is 89.2 Å². The maximum atomic E-state index is 12.6. The largest absolute Gasteiger partial charge is 0.369 e. The number of carbonyl (C=O) groups is 2. The first-order chi connectivity index (χ1) is 16.5. The molecule has 0 bridgehead atoms. The molecule has 34 heavy (non-hydrogen) atoms. The Kier molecular flexibility index (Phi) is 7.77. The van der Waals surface area contributed by atoms with E-state index in [9.17, 15) is 9.59 Å². The molecule has 3 aromatic rings. The highest BCUT2D eigenvalue weighted by atomic mass is 35.5. The number of amides is 2. The minimum atomic E-state index is -0.723. The van der Waals surface area contributed by atoms with Crippen LogP contribution in [0.2, 0.25) is 5.02 Å². The Bertz CT molecular complexity index is 1120. The molecule has 0 radical (unpaired) electrons. The molecule has 2 heterocycles. The highest BCUT2D eigenvalue weighted by molar-refractivity contribution is 6.39. The van der Waals surface area contributed by atoms with E-state index in [2.05, 4.69) is 37.6 Å². The van der Waals surface area contributed by atoms with Gasteiger partial charge < -0.3 is 15.5 Å². The summed E-state index contributed by atoms with van der Waals surface area (Å²) in [4.78, 5) is 33.9. The van der Waals surface area contributed by atoms with E-state index in [0.29, 0.717) is 17.3 Å². The predicted octanol–water partition coefficient (Wildman–Crippen LogP) is 3.66. The number of benzene rings is 2. The molecule has 1 aliphatic rings. The van der Waals surface area contributed by atoms with Crippen LogP contribution in [0, 0.1) is 6.92 Å². The van der Waals surface area contributed by atoms with Gasteiger partial charge in [0.1, 0.15) is 0 Å². The molecule has 1 aliphatic heterocycles. The van der Waals surface area contributed by atoms with Gasteiger partial charge in [0.25, 0.3) is 0 Å². The van der Waals surface area contributed by atoms with E-state index < -0.39 is 11.8 Å². The van der Waals surface area contributed by atoms with Crippen LogP contribution >= 0.6 is 11.6 Å². The number of nitrogens with one attached hydrogen (secondary N) is 2. The number of hydrogen-bond acceptors (Lipinski definition) is 5. The van der Waals surface area contributed by atoms with Crippen LogP contribution in [0.5, 0.6) is 0 Å². The van der Waals surface area contributed by atoms with Crippen LogP contribution in [0.15, 0.2) is 73.1 Å². The lowest BCUT2D eigenvalue weighted by atomic mass is 10.1. The highest BCUT2D eigenvalue weighted by Gasteiger charge is 2.26. The van der Waals surface area contributed by atoms with Gasteiger partial charge in [0.15, 0.2) is 0 Å². The van der Waals surface area contributed by atoms with Crippen molar-refractivity contribution >= 4 is 34.8 Å². The van der Waals surface area contributed by atoms with E-state index in [4.69, 9.17) is 11.6 Å². The molecule has 7 nitrogen and oxygen atoms in total. The monoisotopic (exact) mass is 477 g/mol. The van der Waals surface area contributed by atoms with Crippen LogP contribution < -0.4 is 15.5 Å². The van der Waals surface area contributed by atoms with Gasteiger partial charge in [0.2, 0.25) is 0 Å². The van der Waals surface area contributed by atoms with E-state index in [-0.39, 0.29) is 6.04 Å².